The van der Waals surface area contributed by atoms with Crippen molar-refractivity contribution in [2.45, 2.75) is 51.0 Å². The molecule has 1 amide bonds. The molecular formula is C15H21NO2S. The third kappa shape index (κ3) is 3.00. The lowest BCUT2D eigenvalue weighted by molar-refractivity contribution is 0.0949. The molecule has 1 saturated carbocycles. The number of aliphatic hydroxyl groups excluding tert-OH is 1. The van der Waals surface area contributed by atoms with Gasteiger partial charge in [-0.25, -0.2) is 0 Å². The molecule has 104 valence electrons. The van der Waals surface area contributed by atoms with Crippen LogP contribution in [0.4, 0.5) is 0 Å². The van der Waals surface area contributed by atoms with Crippen LogP contribution >= 0.6 is 11.3 Å². The molecule has 3 rings (SSSR count). The SMILES string of the molecule is O=C(NCC1CCC(O)C1)c1cc2c(s1)CCCC2. The van der Waals surface area contributed by atoms with Crippen LogP contribution in [0.2, 0.25) is 0 Å². The normalized spacial score (nSPS) is 26.2. The Morgan fingerprint density at radius 2 is 2.21 bits per heavy atom. The number of carbonyl (C=O) groups excluding carboxylic acids is 1. The summed E-state index contributed by atoms with van der Waals surface area (Å²) < 4.78 is 0. The van der Waals surface area contributed by atoms with Crippen molar-refractivity contribution in [3.8, 4) is 0 Å². The summed E-state index contributed by atoms with van der Waals surface area (Å²) in [5.41, 5.74) is 1.39. The van der Waals surface area contributed by atoms with Gasteiger partial charge in [0.05, 0.1) is 11.0 Å². The number of rotatable bonds is 3. The van der Waals surface area contributed by atoms with Crippen molar-refractivity contribution >= 4 is 17.2 Å². The fraction of sp³-hybridized carbons (Fsp3) is 0.667. The predicted molar refractivity (Wildman–Crippen MR) is 76.6 cm³/mol. The Balaban J connectivity index is 1.56. The molecule has 0 spiro atoms. The van der Waals surface area contributed by atoms with Crippen LogP contribution in [0.1, 0.15) is 52.2 Å². The minimum atomic E-state index is -0.157. The van der Waals surface area contributed by atoms with Gasteiger partial charge in [0.25, 0.3) is 5.91 Å². The summed E-state index contributed by atoms with van der Waals surface area (Å²) in [6, 6.07) is 2.08. The number of hydrogen-bond acceptors (Lipinski definition) is 3. The first-order valence-corrected chi connectivity index (χ1v) is 8.12. The molecule has 1 aromatic heterocycles. The number of fused-ring (bicyclic) bond motifs is 1. The van der Waals surface area contributed by atoms with E-state index in [1.54, 1.807) is 11.3 Å². The Labute approximate surface area is 118 Å². The molecule has 0 aliphatic heterocycles. The van der Waals surface area contributed by atoms with Crippen LogP contribution in [-0.4, -0.2) is 23.7 Å². The Morgan fingerprint density at radius 1 is 1.37 bits per heavy atom. The molecule has 1 fully saturated rings. The lowest BCUT2D eigenvalue weighted by Gasteiger charge is -2.09. The smallest absolute Gasteiger partial charge is 0.261 e. The Morgan fingerprint density at radius 3 is 2.95 bits per heavy atom. The van der Waals surface area contributed by atoms with Crippen LogP contribution in [0.15, 0.2) is 6.07 Å². The van der Waals surface area contributed by atoms with Gasteiger partial charge in [0, 0.05) is 11.4 Å². The Bertz CT molecular complexity index is 445. The third-order valence-corrected chi connectivity index (χ3v) is 5.52. The van der Waals surface area contributed by atoms with Gasteiger partial charge in [-0.1, -0.05) is 0 Å². The predicted octanol–water partition coefficient (Wildman–Crippen LogP) is 2.52. The molecule has 2 atom stereocenters. The monoisotopic (exact) mass is 279 g/mol. The minimum Gasteiger partial charge on any atom is -0.393 e. The fourth-order valence-electron chi connectivity index (χ4n) is 3.16. The zero-order chi connectivity index (χ0) is 13.2. The summed E-state index contributed by atoms with van der Waals surface area (Å²) in [6.45, 7) is 0.707. The molecule has 2 aliphatic carbocycles. The lowest BCUT2D eigenvalue weighted by Crippen LogP contribution is -2.28. The van der Waals surface area contributed by atoms with Gasteiger partial charge in [0.2, 0.25) is 0 Å². The molecule has 19 heavy (non-hydrogen) atoms. The van der Waals surface area contributed by atoms with E-state index in [0.717, 1.165) is 37.0 Å². The van der Waals surface area contributed by atoms with Gasteiger partial charge in [-0.3, -0.25) is 4.79 Å². The van der Waals surface area contributed by atoms with Crippen molar-refractivity contribution in [1.29, 1.82) is 0 Å². The second kappa shape index (κ2) is 5.63. The zero-order valence-electron chi connectivity index (χ0n) is 11.2. The highest BCUT2D eigenvalue weighted by Crippen LogP contribution is 2.30. The van der Waals surface area contributed by atoms with E-state index in [1.807, 2.05) is 0 Å². The van der Waals surface area contributed by atoms with Crippen molar-refractivity contribution in [3.63, 3.8) is 0 Å². The molecule has 4 heteroatoms. The van der Waals surface area contributed by atoms with E-state index >= 15 is 0 Å². The van der Waals surface area contributed by atoms with Gasteiger partial charge >= 0.3 is 0 Å². The molecule has 2 N–H and O–H groups in total. The molecule has 0 aromatic carbocycles. The van der Waals surface area contributed by atoms with Crippen LogP contribution in [0.5, 0.6) is 0 Å². The molecule has 1 heterocycles. The zero-order valence-corrected chi connectivity index (χ0v) is 12.0. The summed E-state index contributed by atoms with van der Waals surface area (Å²) in [7, 11) is 0. The van der Waals surface area contributed by atoms with Crippen molar-refractivity contribution in [3.05, 3.63) is 21.4 Å². The highest BCUT2D eigenvalue weighted by molar-refractivity contribution is 7.14. The number of thiophene rings is 1. The van der Waals surface area contributed by atoms with Crippen molar-refractivity contribution in [1.82, 2.24) is 5.32 Å². The third-order valence-electron chi connectivity index (χ3n) is 4.29. The quantitative estimate of drug-likeness (QED) is 0.893. The first-order chi connectivity index (χ1) is 9.22. The summed E-state index contributed by atoms with van der Waals surface area (Å²) in [5, 5.41) is 12.5. The summed E-state index contributed by atoms with van der Waals surface area (Å²) >= 11 is 1.67. The molecule has 2 unspecified atom stereocenters. The number of hydrogen-bond donors (Lipinski definition) is 2. The van der Waals surface area contributed by atoms with E-state index in [2.05, 4.69) is 11.4 Å². The number of nitrogens with one attached hydrogen (secondary N) is 1. The largest absolute Gasteiger partial charge is 0.393 e. The van der Waals surface area contributed by atoms with Gasteiger partial charge in [0.1, 0.15) is 0 Å². The maximum atomic E-state index is 12.1. The van der Waals surface area contributed by atoms with Crippen LogP contribution < -0.4 is 5.32 Å². The second-order valence-electron chi connectivity index (χ2n) is 5.81. The second-order valence-corrected chi connectivity index (χ2v) is 6.95. The highest BCUT2D eigenvalue weighted by atomic mass is 32.1. The highest BCUT2D eigenvalue weighted by Gasteiger charge is 2.24. The number of carbonyl (C=O) groups is 1. The van der Waals surface area contributed by atoms with Crippen LogP contribution in [0, 0.1) is 5.92 Å². The molecule has 0 bridgehead atoms. The average Bonchev–Trinajstić information content (AvgIpc) is 3.01. The molecule has 0 saturated heterocycles. The van der Waals surface area contributed by atoms with E-state index in [-0.39, 0.29) is 12.0 Å². The van der Waals surface area contributed by atoms with E-state index < -0.39 is 0 Å². The van der Waals surface area contributed by atoms with Gasteiger partial charge in [-0.2, -0.15) is 0 Å². The number of aliphatic hydroxyl groups is 1. The van der Waals surface area contributed by atoms with Crippen LogP contribution in [0.25, 0.3) is 0 Å². The van der Waals surface area contributed by atoms with Gasteiger partial charge in [-0.15, -0.1) is 11.3 Å². The van der Waals surface area contributed by atoms with E-state index in [0.29, 0.717) is 12.5 Å². The number of amides is 1. The number of aryl methyl sites for hydroxylation is 2. The van der Waals surface area contributed by atoms with Gasteiger partial charge in [0.15, 0.2) is 0 Å². The van der Waals surface area contributed by atoms with Crippen molar-refractivity contribution < 1.29 is 9.90 Å². The van der Waals surface area contributed by atoms with Gasteiger partial charge in [-0.05, 0) is 62.5 Å². The minimum absolute atomic E-state index is 0.0702. The maximum absolute atomic E-state index is 12.1. The van der Waals surface area contributed by atoms with Crippen LogP contribution in [-0.2, 0) is 12.8 Å². The Hall–Kier alpha value is -0.870. The van der Waals surface area contributed by atoms with Crippen molar-refractivity contribution in [2.24, 2.45) is 5.92 Å². The lowest BCUT2D eigenvalue weighted by atomic mass is 9.99. The van der Waals surface area contributed by atoms with Crippen molar-refractivity contribution in [2.75, 3.05) is 6.54 Å². The maximum Gasteiger partial charge on any atom is 0.261 e. The standard InChI is InChI=1S/C15H21NO2S/c17-12-6-5-10(7-12)9-16-15(18)14-8-11-3-1-2-4-13(11)19-14/h8,10,12,17H,1-7,9H2,(H,16,18). The first-order valence-electron chi connectivity index (χ1n) is 7.30. The Kier molecular flexibility index (Phi) is 3.89. The molecule has 3 nitrogen and oxygen atoms in total. The first kappa shape index (κ1) is 13.1. The molecular weight excluding hydrogens is 258 g/mol. The van der Waals surface area contributed by atoms with Gasteiger partial charge < -0.3 is 10.4 Å². The molecule has 1 aromatic rings. The summed E-state index contributed by atoms with van der Waals surface area (Å²) in [4.78, 5) is 14.4. The van der Waals surface area contributed by atoms with E-state index in [1.165, 1.54) is 23.3 Å². The topological polar surface area (TPSA) is 49.3 Å². The van der Waals surface area contributed by atoms with E-state index in [4.69, 9.17) is 0 Å². The summed E-state index contributed by atoms with van der Waals surface area (Å²) in [6.07, 6.45) is 7.38. The average molecular weight is 279 g/mol. The summed E-state index contributed by atoms with van der Waals surface area (Å²) in [5.74, 6) is 0.523. The van der Waals surface area contributed by atoms with Crippen LogP contribution in [0.3, 0.4) is 0 Å². The fourth-order valence-corrected chi connectivity index (χ4v) is 4.33. The molecule has 2 aliphatic rings. The molecule has 0 radical (unpaired) electrons. The van der Waals surface area contributed by atoms with E-state index in [9.17, 15) is 9.90 Å².